The monoisotopic (exact) mass is 451 g/mol. The average Bonchev–Trinajstić information content (AvgIpc) is 3.16. The highest BCUT2D eigenvalue weighted by Crippen LogP contribution is 2.52. The molecule has 0 aliphatic heterocycles. The van der Waals surface area contributed by atoms with E-state index in [-0.39, 0.29) is 36.1 Å². The highest BCUT2D eigenvalue weighted by molar-refractivity contribution is 6.22. The van der Waals surface area contributed by atoms with E-state index in [9.17, 15) is 34.8 Å². The van der Waals surface area contributed by atoms with E-state index in [0.29, 0.717) is 16.8 Å². The Labute approximate surface area is 187 Å². The first-order valence-electron chi connectivity index (χ1n) is 10.4. The van der Waals surface area contributed by atoms with Crippen molar-refractivity contribution in [1.29, 1.82) is 0 Å². The van der Waals surface area contributed by atoms with Crippen molar-refractivity contribution >= 4 is 23.2 Å². The standard InChI is InChI=1S/C23H21N3O7/c1-26-5-4-13(25-26)11-2-3-14(27)17-12(11)7-9-6-10-8-15(28)18(22(24)32)21(31)23(10,33)20(30)16(9)19(17)29/h2-5,9-10,27,29,31,33H,6-8H2,1H3,(H2,24,32)/t9-,10+,23+/m1/s1. The molecule has 3 atom stereocenters. The van der Waals surface area contributed by atoms with E-state index < -0.39 is 52.0 Å². The SMILES string of the molecule is Cn1ccc(-c2ccc(O)c3c2C[C@H]2C[C@H]4CC(=O)C(C(N)=O)=C(O)[C@@]4(O)C(=O)C2=C3O)n1. The van der Waals surface area contributed by atoms with Crippen LogP contribution in [0, 0.1) is 11.8 Å². The van der Waals surface area contributed by atoms with Crippen molar-refractivity contribution in [1.82, 2.24) is 9.78 Å². The van der Waals surface area contributed by atoms with Crippen LogP contribution in [-0.2, 0) is 27.9 Å². The van der Waals surface area contributed by atoms with Crippen molar-refractivity contribution < 1.29 is 34.8 Å². The van der Waals surface area contributed by atoms with Crippen molar-refractivity contribution in [3.05, 3.63) is 52.4 Å². The predicted octanol–water partition coefficient (Wildman–Crippen LogP) is 0.824. The Kier molecular flexibility index (Phi) is 4.31. The maximum absolute atomic E-state index is 13.5. The van der Waals surface area contributed by atoms with Gasteiger partial charge in [0, 0.05) is 36.7 Å². The Balaban J connectivity index is 1.71. The Morgan fingerprint density at radius 2 is 1.91 bits per heavy atom. The largest absolute Gasteiger partial charge is 0.508 e. The lowest BCUT2D eigenvalue weighted by molar-refractivity contribution is -0.147. The van der Waals surface area contributed by atoms with Gasteiger partial charge in [0.2, 0.25) is 5.78 Å². The average molecular weight is 451 g/mol. The van der Waals surface area contributed by atoms with Crippen LogP contribution in [0.25, 0.3) is 17.0 Å². The van der Waals surface area contributed by atoms with Crippen LogP contribution >= 0.6 is 0 Å². The van der Waals surface area contributed by atoms with Crippen LogP contribution in [0.5, 0.6) is 5.75 Å². The third-order valence-electron chi connectivity index (χ3n) is 6.94. The van der Waals surface area contributed by atoms with Crippen LogP contribution in [0.1, 0.15) is 24.0 Å². The molecule has 0 bridgehead atoms. The number of hydrogen-bond donors (Lipinski definition) is 5. The Bertz CT molecular complexity index is 1340. The summed E-state index contributed by atoms with van der Waals surface area (Å²) >= 11 is 0. The van der Waals surface area contributed by atoms with E-state index in [1.807, 2.05) is 0 Å². The molecule has 1 heterocycles. The summed E-state index contributed by atoms with van der Waals surface area (Å²) in [5, 5.41) is 47.8. The number of phenols is 1. The summed E-state index contributed by atoms with van der Waals surface area (Å²) < 4.78 is 1.61. The molecule has 5 rings (SSSR count). The summed E-state index contributed by atoms with van der Waals surface area (Å²) in [6, 6.07) is 4.84. The first-order valence-corrected chi connectivity index (χ1v) is 10.4. The highest BCUT2D eigenvalue weighted by atomic mass is 16.3. The number of benzene rings is 1. The van der Waals surface area contributed by atoms with Crippen molar-refractivity contribution in [2.75, 3.05) is 0 Å². The second-order valence-electron chi connectivity index (χ2n) is 8.77. The number of aromatic nitrogens is 2. The van der Waals surface area contributed by atoms with Crippen molar-refractivity contribution in [3.63, 3.8) is 0 Å². The van der Waals surface area contributed by atoms with Crippen LogP contribution < -0.4 is 5.73 Å². The number of aromatic hydroxyl groups is 1. The van der Waals surface area contributed by atoms with Gasteiger partial charge in [-0.2, -0.15) is 5.10 Å². The van der Waals surface area contributed by atoms with Gasteiger partial charge in [0.1, 0.15) is 22.8 Å². The number of nitrogens with two attached hydrogens (primary N) is 1. The molecule has 1 aromatic carbocycles. The molecule has 1 aromatic heterocycles. The van der Waals surface area contributed by atoms with Gasteiger partial charge in [-0.1, -0.05) is 0 Å². The van der Waals surface area contributed by atoms with Gasteiger partial charge in [0.05, 0.1) is 11.3 Å². The second kappa shape index (κ2) is 6.79. The van der Waals surface area contributed by atoms with Gasteiger partial charge in [-0.15, -0.1) is 0 Å². The lowest BCUT2D eigenvalue weighted by Gasteiger charge is -2.46. The molecule has 6 N–H and O–H groups in total. The Morgan fingerprint density at radius 1 is 1.18 bits per heavy atom. The number of aliphatic hydroxyl groups excluding tert-OH is 2. The lowest BCUT2D eigenvalue weighted by atomic mass is 9.59. The van der Waals surface area contributed by atoms with Crippen LogP contribution in [-0.4, -0.2) is 53.3 Å². The third kappa shape index (κ3) is 2.70. The van der Waals surface area contributed by atoms with Crippen LogP contribution in [0.2, 0.25) is 0 Å². The first-order chi connectivity index (χ1) is 15.6. The van der Waals surface area contributed by atoms with E-state index in [0.717, 1.165) is 0 Å². The maximum Gasteiger partial charge on any atom is 0.255 e. The fourth-order valence-corrected chi connectivity index (χ4v) is 5.42. The zero-order valence-electron chi connectivity index (χ0n) is 17.6. The molecule has 0 radical (unpaired) electrons. The molecular weight excluding hydrogens is 430 g/mol. The van der Waals surface area contributed by atoms with Gasteiger partial charge < -0.3 is 26.2 Å². The number of hydrogen-bond acceptors (Lipinski definition) is 8. The number of aliphatic hydroxyl groups is 3. The molecule has 0 saturated heterocycles. The molecule has 2 aromatic rings. The predicted molar refractivity (Wildman–Crippen MR) is 114 cm³/mol. The zero-order chi connectivity index (χ0) is 23.8. The molecule has 1 fully saturated rings. The minimum atomic E-state index is -2.57. The molecule has 0 spiro atoms. The number of Topliss-reactive ketones (excluding diaryl/α,β-unsaturated/α-hetero) is 2. The number of amides is 1. The summed E-state index contributed by atoms with van der Waals surface area (Å²) in [4.78, 5) is 37.6. The van der Waals surface area contributed by atoms with E-state index in [1.165, 1.54) is 6.07 Å². The fourth-order valence-electron chi connectivity index (χ4n) is 5.42. The van der Waals surface area contributed by atoms with Gasteiger partial charge >= 0.3 is 0 Å². The van der Waals surface area contributed by atoms with Crippen LogP contribution in [0.15, 0.2) is 41.3 Å². The van der Waals surface area contributed by atoms with Crippen molar-refractivity contribution in [2.24, 2.45) is 24.6 Å². The summed E-state index contributed by atoms with van der Waals surface area (Å²) in [5.41, 5.74) is 3.56. The van der Waals surface area contributed by atoms with Gasteiger partial charge in [-0.3, -0.25) is 19.1 Å². The van der Waals surface area contributed by atoms with E-state index >= 15 is 0 Å². The van der Waals surface area contributed by atoms with E-state index in [4.69, 9.17) is 5.73 Å². The minimum Gasteiger partial charge on any atom is -0.508 e. The quantitative estimate of drug-likeness (QED) is 0.417. The number of carbonyl (C=O) groups is 3. The molecule has 33 heavy (non-hydrogen) atoms. The summed E-state index contributed by atoms with van der Waals surface area (Å²) in [7, 11) is 1.76. The van der Waals surface area contributed by atoms with Gasteiger partial charge in [0.25, 0.3) is 5.91 Å². The number of fused-ring (bicyclic) bond motifs is 3. The van der Waals surface area contributed by atoms with Crippen LogP contribution in [0.4, 0.5) is 0 Å². The zero-order valence-corrected chi connectivity index (χ0v) is 17.6. The molecule has 10 heteroatoms. The van der Waals surface area contributed by atoms with Gasteiger partial charge in [-0.05, 0) is 42.5 Å². The Morgan fingerprint density at radius 3 is 2.55 bits per heavy atom. The van der Waals surface area contributed by atoms with E-state index in [1.54, 1.807) is 30.1 Å². The van der Waals surface area contributed by atoms with Crippen LogP contribution in [0.3, 0.4) is 0 Å². The molecule has 3 aliphatic carbocycles. The Hall–Kier alpha value is -3.92. The number of rotatable bonds is 2. The number of nitrogens with zero attached hydrogens (tertiary/aromatic N) is 2. The molecule has 170 valence electrons. The molecule has 1 amide bonds. The number of aryl methyl sites for hydroxylation is 1. The van der Waals surface area contributed by atoms with Gasteiger partial charge in [-0.25, -0.2) is 0 Å². The summed E-state index contributed by atoms with van der Waals surface area (Å²) in [5.74, 6) is -6.46. The van der Waals surface area contributed by atoms with Crippen molar-refractivity contribution in [2.45, 2.75) is 24.9 Å². The summed E-state index contributed by atoms with van der Waals surface area (Å²) in [6.07, 6.45) is 1.71. The third-order valence-corrected chi connectivity index (χ3v) is 6.94. The minimum absolute atomic E-state index is 0.0466. The normalized spacial score (nSPS) is 26.7. The molecule has 1 saturated carbocycles. The number of phenolic OH excluding ortho intramolecular Hbond substituents is 1. The fraction of sp³-hybridized carbons (Fsp3) is 0.304. The number of carbonyl (C=O) groups excluding carboxylic acids is 3. The summed E-state index contributed by atoms with van der Waals surface area (Å²) in [6.45, 7) is 0. The molecule has 0 unspecified atom stereocenters. The maximum atomic E-state index is 13.5. The highest BCUT2D eigenvalue weighted by Gasteiger charge is 2.60. The van der Waals surface area contributed by atoms with Gasteiger partial charge in [0.15, 0.2) is 11.4 Å². The smallest absolute Gasteiger partial charge is 0.255 e. The number of primary amides is 1. The first kappa shape index (κ1) is 21.0. The lowest BCUT2D eigenvalue weighted by Crippen LogP contribution is -2.58. The molecule has 3 aliphatic rings. The molecular formula is C23H21N3O7. The molecule has 10 nitrogen and oxygen atoms in total. The topological polar surface area (TPSA) is 176 Å². The van der Waals surface area contributed by atoms with Crippen molar-refractivity contribution in [3.8, 4) is 17.0 Å². The van der Waals surface area contributed by atoms with E-state index in [2.05, 4.69) is 5.10 Å². The number of ketones is 2. The second-order valence-corrected chi connectivity index (χ2v) is 8.77.